The highest BCUT2D eigenvalue weighted by Crippen LogP contribution is 2.29. The molecule has 1 heterocycles. The van der Waals surface area contributed by atoms with Crippen molar-refractivity contribution in [1.82, 2.24) is 10.6 Å². The maximum atomic E-state index is 12.5. The Labute approximate surface area is 158 Å². The molecule has 1 rings (SSSR count). The molecule has 1 fully saturated rings. The second-order valence-electron chi connectivity index (χ2n) is 8.45. The van der Waals surface area contributed by atoms with Crippen LogP contribution in [0.15, 0.2) is 0 Å². The number of carbonyl (C=O) groups excluding carboxylic acids is 2. The summed E-state index contributed by atoms with van der Waals surface area (Å²) in [6.07, 6.45) is 3.70. The Hall–Kier alpha value is -1.14. The molecule has 1 amide bonds. The summed E-state index contributed by atoms with van der Waals surface area (Å²) in [6, 6.07) is -0.390. The number of hydrogen-bond donors (Lipinski definition) is 2. The van der Waals surface area contributed by atoms with Crippen molar-refractivity contribution in [2.24, 2.45) is 11.8 Å². The molecular formula is C20H38N2O4. The summed E-state index contributed by atoms with van der Waals surface area (Å²) in [5.41, 5.74) is -0.514. The third kappa shape index (κ3) is 7.23. The predicted molar refractivity (Wildman–Crippen MR) is 103 cm³/mol. The summed E-state index contributed by atoms with van der Waals surface area (Å²) in [5.74, 6) is 0.422. The van der Waals surface area contributed by atoms with Gasteiger partial charge in [-0.25, -0.2) is 0 Å². The van der Waals surface area contributed by atoms with Crippen molar-refractivity contribution in [3.8, 4) is 0 Å². The van der Waals surface area contributed by atoms with Crippen molar-refractivity contribution in [3.63, 3.8) is 0 Å². The number of rotatable bonds is 9. The van der Waals surface area contributed by atoms with E-state index in [-0.39, 0.29) is 35.9 Å². The molecule has 0 aromatic rings. The van der Waals surface area contributed by atoms with Crippen molar-refractivity contribution in [3.05, 3.63) is 0 Å². The van der Waals surface area contributed by atoms with E-state index in [0.29, 0.717) is 18.9 Å². The van der Waals surface area contributed by atoms with Gasteiger partial charge in [-0.05, 0) is 39.5 Å². The summed E-state index contributed by atoms with van der Waals surface area (Å²) in [4.78, 5) is 24.3. The lowest BCUT2D eigenvalue weighted by Gasteiger charge is -2.31. The fourth-order valence-electron chi connectivity index (χ4n) is 3.79. The van der Waals surface area contributed by atoms with E-state index in [1.54, 1.807) is 14.0 Å². The molecule has 0 radical (unpaired) electrons. The fraction of sp³-hybridized carbons (Fsp3) is 0.900. The number of carbonyl (C=O) groups is 2. The molecule has 0 aromatic heterocycles. The van der Waals surface area contributed by atoms with Crippen LogP contribution in [0.5, 0.6) is 0 Å². The third-order valence-electron chi connectivity index (χ3n) is 5.08. The zero-order valence-corrected chi connectivity index (χ0v) is 17.6. The first kappa shape index (κ1) is 22.9. The van der Waals surface area contributed by atoms with Crippen molar-refractivity contribution in [2.75, 3.05) is 13.7 Å². The number of nitrogens with one attached hydrogen (secondary N) is 2. The van der Waals surface area contributed by atoms with Gasteiger partial charge in [0.1, 0.15) is 11.6 Å². The minimum Gasteiger partial charge on any atom is -0.459 e. The van der Waals surface area contributed by atoms with Crippen LogP contribution >= 0.6 is 0 Å². The van der Waals surface area contributed by atoms with Crippen molar-refractivity contribution < 1.29 is 19.1 Å². The summed E-state index contributed by atoms with van der Waals surface area (Å²) in [5, 5.41) is 6.55. The first-order valence-electron chi connectivity index (χ1n) is 9.86. The van der Waals surface area contributed by atoms with Gasteiger partial charge in [0.15, 0.2) is 0 Å². The van der Waals surface area contributed by atoms with E-state index in [1.165, 1.54) is 0 Å². The normalized spacial score (nSPS) is 24.5. The molecule has 0 spiro atoms. The largest absolute Gasteiger partial charge is 0.459 e. The van der Waals surface area contributed by atoms with E-state index in [0.717, 1.165) is 19.3 Å². The standard InChI is InChI=1S/C20H38N2O4/c1-8-14(9-2)10-16(21-13(3)23)18-15(12-25-7)11-17(22-18)19(24)26-20(4,5)6/h14-18,22H,8-12H2,1-7H3,(H,21,23)/t15-,16-,17?,18+/m0/s1. The van der Waals surface area contributed by atoms with Crippen LogP contribution in [-0.4, -0.2) is 49.3 Å². The topological polar surface area (TPSA) is 76.7 Å². The van der Waals surface area contributed by atoms with Crippen LogP contribution in [0.4, 0.5) is 0 Å². The maximum Gasteiger partial charge on any atom is 0.323 e. The minimum atomic E-state index is -0.514. The zero-order chi connectivity index (χ0) is 19.9. The minimum absolute atomic E-state index is 0.00281. The monoisotopic (exact) mass is 370 g/mol. The summed E-state index contributed by atoms with van der Waals surface area (Å²) in [7, 11) is 1.67. The Kier molecular flexibility index (Phi) is 9.04. The predicted octanol–water partition coefficient (Wildman–Crippen LogP) is 2.65. The Morgan fingerprint density at radius 3 is 2.31 bits per heavy atom. The molecule has 6 nitrogen and oxygen atoms in total. The van der Waals surface area contributed by atoms with Gasteiger partial charge in [-0.3, -0.25) is 14.9 Å². The number of ether oxygens (including phenoxy) is 2. The van der Waals surface area contributed by atoms with Gasteiger partial charge >= 0.3 is 5.97 Å². The highest BCUT2D eigenvalue weighted by atomic mass is 16.6. The van der Waals surface area contributed by atoms with E-state index in [1.807, 2.05) is 20.8 Å². The van der Waals surface area contributed by atoms with Crippen LogP contribution in [-0.2, 0) is 19.1 Å². The molecule has 1 saturated heterocycles. The van der Waals surface area contributed by atoms with E-state index in [4.69, 9.17) is 9.47 Å². The summed E-state index contributed by atoms with van der Waals surface area (Å²) in [6.45, 7) is 12.1. The number of esters is 1. The van der Waals surface area contributed by atoms with Gasteiger partial charge in [-0.2, -0.15) is 0 Å². The molecule has 1 unspecified atom stereocenters. The van der Waals surface area contributed by atoms with Gasteiger partial charge in [0, 0.05) is 32.0 Å². The van der Waals surface area contributed by atoms with Gasteiger partial charge in [-0.1, -0.05) is 26.7 Å². The quantitative estimate of drug-likeness (QED) is 0.610. The highest BCUT2D eigenvalue weighted by Gasteiger charge is 2.43. The lowest BCUT2D eigenvalue weighted by atomic mass is 9.86. The van der Waals surface area contributed by atoms with Crippen molar-refractivity contribution in [1.29, 1.82) is 0 Å². The van der Waals surface area contributed by atoms with Gasteiger partial charge in [0.05, 0.1) is 6.61 Å². The lowest BCUT2D eigenvalue weighted by Crippen LogP contribution is -2.53. The molecule has 4 atom stereocenters. The van der Waals surface area contributed by atoms with Crippen LogP contribution in [0.1, 0.15) is 67.2 Å². The second-order valence-corrected chi connectivity index (χ2v) is 8.45. The number of methoxy groups -OCH3 is 1. The van der Waals surface area contributed by atoms with E-state index < -0.39 is 5.60 Å². The SMILES string of the molecule is CCC(CC)C[C@H](NC(C)=O)[C@@H]1NC(C(=O)OC(C)(C)C)C[C@H]1COC. The average Bonchev–Trinajstić information content (AvgIpc) is 2.94. The first-order chi connectivity index (χ1) is 12.1. The van der Waals surface area contributed by atoms with Gasteiger partial charge in [0.25, 0.3) is 0 Å². The van der Waals surface area contributed by atoms with Gasteiger partial charge in [0.2, 0.25) is 5.91 Å². The molecule has 152 valence electrons. The smallest absolute Gasteiger partial charge is 0.323 e. The van der Waals surface area contributed by atoms with Crippen LogP contribution in [0.3, 0.4) is 0 Å². The fourth-order valence-corrected chi connectivity index (χ4v) is 3.79. The van der Waals surface area contributed by atoms with Gasteiger partial charge in [-0.15, -0.1) is 0 Å². The van der Waals surface area contributed by atoms with Crippen LogP contribution in [0, 0.1) is 11.8 Å². The first-order valence-corrected chi connectivity index (χ1v) is 9.86. The van der Waals surface area contributed by atoms with Crippen LogP contribution < -0.4 is 10.6 Å². The Balaban J connectivity index is 2.94. The Bertz CT molecular complexity index is 457. The third-order valence-corrected chi connectivity index (χ3v) is 5.08. The summed E-state index contributed by atoms with van der Waals surface area (Å²) >= 11 is 0. The van der Waals surface area contributed by atoms with Crippen molar-refractivity contribution >= 4 is 11.9 Å². The highest BCUT2D eigenvalue weighted by molar-refractivity contribution is 5.77. The molecule has 26 heavy (non-hydrogen) atoms. The van der Waals surface area contributed by atoms with E-state index >= 15 is 0 Å². The Morgan fingerprint density at radius 1 is 1.23 bits per heavy atom. The average molecular weight is 371 g/mol. The van der Waals surface area contributed by atoms with Crippen molar-refractivity contribution in [2.45, 2.75) is 91.0 Å². The molecule has 2 N–H and O–H groups in total. The molecular weight excluding hydrogens is 332 g/mol. The maximum absolute atomic E-state index is 12.5. The van der Waals surface area contributed by atoms with Gasteiger partial charge < -0.3 is 14.8 Å². The van der Waals surface area contributed by atoms with E-state index in [2.05, 4.69) is 24.5 Å². The molecule has 0 aromatic carbocycles. The lowest BCUT2D eigenvalue weighted by molar-refractivity contribution is -0.157. The van der Waals surface area contributed by atoms with Crippen LogP contribution in [0.2, 0.25) is 0 Å². The number of hydrogen-bond acceptors (Lipinski definition) is 5. The molecule has 1 aliphatic rings. The van der Waals surface area contributed by atoms with Crippen LogP contribution in [0.25, 0.3) is 0 Å². The number of amides is 1. The zero-order valence-electron chi connectivity index (χ0n) is 17.6. The Morgan fingerprint density at radius 2 is 1.85 bits per heavy atom. The molecule has 0 aliphatic carbocycles. The second kappa shape index (κ2) is 10.3. The molecule has 6 heteroatoms. The molecule has 0 bridgehead atoms. The molecule has 0 saturated carbocycles. The van der Waals surface area contributed by atoms with E-state index in [9.17, 15) is 9.59 Å². The molecule has 1 aliphatic heterocycles. The summed E-state index contributed by atoms with van der Waals surface area (Å²) < 4.78 is 10.9.